The molecule has 1 amide bonds. The van der Waals surface area contributed by atoms with E-state index in [1.54, 1.807) is 31.2 Å². The monoisotopic (exact) mass is 286 g/mol. The van der Waals surface area contributed by atoms with Gasteiger partial charge in [0.25, 0.3) is 5.91 Å². The zero-order valence-electron chi connectivity index (χ0n) is 11.2. The normalized spacial score (nSPS) is 12.8. The van der Waals surface area contributed by atoms with E-state index in [2.05, 4.69) is 0 Å². The number of carbonyl (C=O) groups is 1. The quantitative estimate of drug-likeness (QED) is 0.834. The van der Waals surface area contributed by atoms with E-state index in [0.717, 1.165) is 10.6 Å². The maximum atomic E-state index is 11.4. The van der Waals surface area contributed by atoms with Crippen molar-refractivity contribution in [2.24, 2.45) is 5.73 Å². The summed E-state index contributed by atoms with van der Waals surface area (Å²) in [5.74, 6) is -0.0591. The highest BCUT2D eigenvalue weighted by Gasteiger charge is 2.15. The Bertz CT molecular complexity index is 539. The van der Waals surface area contributed by atoms with Crippen molar-refractivity contribution >= 4 is 21.6 Å². The Morgan fingerprint density at radius 3 is 2.26 bits per heavy atom. The molecule has 1 atom stereocenters. The van der Waals surface area contributed by atoms with Crippen LogP contribution in [0.5, 0.6) is 5.75 Å². The van der Waals surface area contributed by atoms with Gasteiger partial charge in [0, 0.05) is 7.05 Å². The van der Waals surface area contributed by atoms with Gasteiger partial charge in [-0.15, -0.1) is 0 Å². The fourth-order valence-corrected chi connectivity index (χ4v) is 1.94. The minimum absolute atomic E-state index is 0.469. The number of rotatable bonds is 6. The summed E-state index contributed by atoms with van der Waals surface area (Å²) in [7, 11) is -1.83. The predicted molar refractivity (Wildman–Crippen MR) is 73.6 cm³/mol. The summed E-state index contributed by atoms with van der Waals surface area (Å²) in [5, 5.41) is 0. The maximum Gasteiger partial charge on any atom is 0.258 e. The van der Waals surface area contributed by atoms with Gasteiger partial charge in [0.15, 0.2) is 6.10 Å². The van der Waals surface area contributed by atoms with Crippen molar-refractivity contribution in [1.82, 2.24) is 0 Å². The van der Waals surface area contributed by atoms with E-state index in [1.165, 1.54) is 7.05 Å². The molecule has 0 aromatic heterocycles. The number of hydrogen-bond donors (Lipinski definition) is 1. The van der Waals surface area contributed by atoms with Gasteiger partial charge in [0.05, 0.1) is 11.9 Å². The van der Waals surface area contributed by atoms with Crippen LogP contribution in [0, 0.1) is 0 Å². The fraction of sp³-hybridized carbons (Fsp3) is 0.417. The maximum absolute atomic E-state index is 11.4. The number of primary amides is 1. The van der Waals surface area contributed by atoms with Crippen LogP contribution in [0.3, 0.4) is 0 Å². The minimum Gasteiger partial charge on any atom is -0.481 e. The summed E-state index contributed by atoms with van der Waals surface area (Å²) in [6.45, 7) is 1.79. The lowest BCUT2D eigenvalue weighted by molar-refractivity contribution is -0.124. The van der Waals surface area contributed by atoms with Crippen molar-refractivity contribution in [2.75, 3.05) is 17.6 Å². The van der Waals surface area contributed by atoms with E-state index < -0.39 is 22.0 Å². The Labute approximate surface area is 113 Å². The molecule has 0 spiro atoms. The third kappa shape index (κ3) is 4.13. The second-order valence-corrected chi connectivity index (χ2v) is 6.16. The van der Waals surface area contributed by atoms with Crippen LogP contribution < -0.4 is 14.8 Å². The van der Waals surface area contributed by atoms with Gasteiger partial charge in [0.1, 0.15) is 5.75 Å². The van der Waals surface area contributed by atoms with Gasteiger partial charge in [-0.1, -0.05) is 6.92 Å². The molecule has 19 heavy (non-hydrogen) atoms. The van der Waals surface area contributed by atoms with Gasteiger partial charge in [-0.2, -0.15) is 0 Å². The van der Waals surface area contributed by atoms with Gasteiger partial charge >= 0.3 is 0 Å². The first-order valence-electron chi connectivity index (χ1n) is 5.75. The molecule has 0 saturated carbocycles. The van der Waals surface area contributed by atoms with Crippen LogP contribution in [0.4, 0.5) is 5.69 Å². The SMILES string of the molecule is CC[C@H](Oc1ccc(N(C)S(C)(=O)=O)cc1)C(N)=O. The van der Waals surface area contributed by atoms with Gasteiger partial charge in [0.2, 0.25) is 10.0 Å². The molecule has 1 aromatic rings. The van der Waals surface area contributed by atoms with E-state index in [-0.39, 0.29) is 0 Å². The molecule has 106 valence electrons. The molecular formula is C12H18N2O4S. The molecule has 0 aliphatic carbocycles. The minimum atomic E-state index is -3.29. The van der Waals surface area contributed by atoms with Crippen LogP contribution >= 0.6 is 0 Å². The van der Waals surface area contributed by atoms with Crippen LogP contribution in [0.1, 0.15) is 13.3 Å². The molecule has 0 radical (unpaired) electrons. The number of benzene rings is 1. The van der Waals surface area contributed by atoms with E-state index in [1.807, 2.05) is 0 Å². The summed E-state index contributed by atoms with van der Waals surface area (Å²) >= 11 is 0. The molecule has 2 N–H and O–H groups in total. The molecule has 0 fully saturated rings. The highest BCUT2D eigenvalue weighted by molar-refractivity contribution is 7.92. The molecule has 0 heterocycles. The first-order chi connectivity index (χ1) is 8.75. The zero-order chi connectivity index (χ0) is 14.6. The van der Waals surface area contributed by atoms with Crippen molar-refractivity contribution in [2.45, 2.75) is 19.4 Å². The molecular weight excluding hydrogens is 268 g/mol. The molecule has 0 aliphatic rings. The number of amides is 1. The van der Waals surface area contributed by atoms with Crippen molar-refractivity contribution in [1.29, 1.82) is 0 Å². The summed E-state index contributed by atoms with van der Waals surface area (Å²) in [4.78, 5) is 11.1. The van der Waals surface area contributed by atoms with Gasteiger partial charge < -0.3 is 10.5 Å². The third-order valence-electron chi connectivity index (χ3n) is 2.66. The summed E-state index contributed by atoms with van der Waals surface area (Å²) in [5.41, 5.74) is 5.69. The highest BCUT2D eigenvalue weighted by atomic mass is 32.2. The van der Waals surface area contributed by atoms with Gasteiger partial charge in [-0.05, 0) is 30.7 Å². The zero-order valence-corrected chi connectivity index (χ0v) is 12.0. The van der Waals surface area contributed by atoms with Gasteiger partial charge in [-0.25, -0.2) is 8.42 Å². The van der Waals surface area contributed by atoms with E-state index in [0.29, 0.717) is 17.9 Å². The predicted octanol–water partition coefficient (Wildman–Crippen LogP) is 0.725. The van der Waals surface area contributed by atoms with Crippen molar-refractivity contribution in [3.8, 4) is 5.75 Å². The number of ether oxygens (including phenoxy) is 1. The second-order valence-electron chi connectivity index (χ2n) is 4.14. The van der Waals surface area contributed by atoms with Crippen molar-refractivity contribution < 1.29 is 17.9 Å². The lowest BCUT2D eigenvalue weighted by atomic mass is 10.2. The number of nitrogens with two attached hydrogens (primary N) is 1. The van der Waals surface area contributed by atoms with Crippen LogP contribution in [-0.2, 0) is 14.8 Å². The van der Waals surface area contributed by atoms with Crippen molar-refractivity contribution in [3.63, 3.8) is 0 Å². The fourth-order valence-electron chi connectivity index (χ4n) is 1.43. The average Bonchev–Trinajstić information content (AvgIpc) is 2.34. The number of carbonyl (C=O) groups excluding carboxylic acids is 1. The van der Waals surface area contributed by atoms with E-state index in [4.69, 9.17) is 10.5 Å². The largest absolute Gasteiger partial charge is 0.481 e. The molecule has 0 saturated heterocycles. The molecule has 1 rings (SSSR count). The first kappa shape index (κ1) is 15.3. The summed E-state index contributed by atoms with van der Waals surface area (Å²) in [6.07, 6.45) is 0.913. The topological polar surface area (TPSA) is 89.7 Å². The lowest BCUT2D eigenvalue weighted by Gasteiger charge is -2.18. The van der Waals surface area contributed by atoms with E-state index in [9.17, 15) is 13.2 Å². The second kappa shape index (κ2) is 5.92. The Balaban J connectivity index is 2.85. The number of sulfonamides is 1. The van der Waals surface area contributed by atoms with Crippen LogP contribution in [0.2, 0.25) is 0 Å². The summed E-state index contributed by atoms with van der Waals surface area (Å²) in [6, 6.07) is 6.40. The highest BCUT2D eigenvalue weighted by Crippen LogP contribution is 2.21. The first-order valence-corrected chi connectivity index (χ1v) is 7.60. The smallest absolute Gasteiger partial charge is 0.258 e. The molecule has 6 nitrogen and oxygen atoms in total. The average molecular weight is 286 g/mol. The number of anilines is 1. The molecule has 0 bridgehead atoms. The van der Waals surface area contributed by atoms with E-state index >= 15 is 0 Å². The third-order valence-corrected chi connectivity index (χ3v) is 3.87. The Morgan fingerprint density at radius 2 is 1.89 bits per heavy atom. The Morgan fingerprint density at radius 1 is 1.37 bits per heavy atom. The molecule has 0 aliphatic heterocycles. The van der Waals surface area contributed by atoms with Crippen LogP contribution in [-0.4, -0.2) is 33.7 Å². The van der Waals surface area contributed by atoms with Crippen LogP contribution in [0.25, 0.3) is 0 Å². The number of nitrogens with zero attached hydrogens (tertiary/aromatic N) is 1. The Kier molecular flexibility index (Phi) is 4.77. The van der Waals surface area contributed by atoms with Crippen LogP contribution in [0.15, 0.2) is 24.3 Å². The lowest BCUT2D eigenvalue weighted by Crippen LogP contribution is -2.33. The molecule has 1 aromatic carbocycles. The summed E-state index contributed by atoms with van der Waals surface area (Å²) < 4.78 is 29.3. The molecule has 0 unspecified atom stereocenters. The van der Waals surface area contributed by atoms with Crippen molar-refractivity contribution in [3.05, 3.63) is 24.3 Å². The number of hydrogen-bond acceptors (Lipinski definition) is 4. The standard InChI is InChI=1S/C12H18N2O4S/c1-4-11(12(13)15)18-10-7-5-9(6-8-10)14(2)19(3,16)17/h5-8,11H,4H2,1-3H3,(H2,13,15)/t11-/m0/s1. The van der Waals surface area contributed by atoms with Gasteiger partial charge in [-0.3, -0.25) is 9.10 Å². The Hall–Kier alpha value is -1.76. The molecule has 7 heteroatoms.